The second-order valence-electron chi connectivity index (χ2n) is 9.16. The molecule has 3 aromatic rings. The van der Waals surface area contributed by atoms with Crippen LogP contribution in [-0.2, 0) is 26.2 Å². The number of carbonyl (C=O) groups is 2. The van der Waals surface area contributed by atoms with Crippen LogP contribution in [0.3, 0.4) is 0 Å². The molecule has 1 N–H and O–H groups in total. The predicted molar refractivity (Wildman–Crippen MR) is 150 cm³/mol. The fraction of sp³-hybridized carbons (Fsp3) is 0.310. The van der Waals surface area contributed by atoms with Crippen LogP contribution in [0.15, 0.2) is 78.9 Å². The molecule has 0 aliphatic heterocycles. The zero-order valence-corrected chi connectivity index (χ0v) is 23.1. The van der Waals surface area contributed by atoms with Gasteiger partial charge in [0.05, 0.1) is 11.9 Å². The van der Waals surface area contributed by atoms with E-state index in [1.165, 1.54) is 4.90 Å². The van der Waals surface area contributed by atoms with Crippen LogP contribution in [0.1, 0.15) is 31.4 Å². The molecule has 1 atom stereocenters. The summed E-state index contributed by atoms with van der Waals surface area (Å²) in [5.41, 5.74) is 2.19. The Morgan fingerprint density at radius 1 is 0.947 bits per heavy atom. The van der Waals surface area contributed by atoms with Crippen molar-refractivity contribution in [3.8, 4) is 11.5 Å². The lowest BCUT2D eigenvalue weighted by atomic mass is 10.1. The number of aryl methyl sites for hydroxylation is 1. The number of sulfonamides is 1. The van der Waals surface area contributed by atoms with Crippen molar-refractivity contribution in [2.75, 3.05) is 23.7 Å². The van der Waals surface area contributed by atoms with Crippen molar-refractivity contribution in [1.29, 1.82) is 0 Å². The molecule has 0 radical (unpaired) electrons. The quantitative estimate of drug-likeness (QED) is 0.367. The van der Waals surface area contributed by atoms with Gasteiger partial charge >= 0.3 is 0 Å². The van der Waals surface area contributed by atoms with Crippen LogP contribution in [-0.4, -0.2) is 50.5 Å². The van der Waals surface area contributed by atoms with Gasteiger partial charge in [-0.05, 0) is 62.2 Å². The van der Waals surface area contributed by atoms with Crippen molar-refractivity contribution in [3.05, 3.63) is 90.0 Å². The highest BCUT2D eigenvalue weighted by molar-refractivity contribution is 7.92. The molecule has 0 aromatic heterocycles. The van der Waals surface area contributed by atoms with Gasteiger partial charge in [-0.15, -0.1) is 0 Å². The second kappa shape index (κ2) is 13.1. The molecule has 0 fully saturated rings. The first-order valence-electron chi connectivity index (χ1n) is 12.5. The number of hydrogen-bond acceptors (Lipinski definition) is 5. The molecule has 38 heavy (non-hydrogen) atoms. The maximum absolute atomic E-state index is 13.6. The molecule has 0 heterocycles. The van der Waals surface area contributed by atoms with Crippen molar-refractivity contribution in [2.24, 2.45) is 0 Å². The van der Waals surface area contributed by atoms with Gasteiger partial charge in [-0.25, -0.2) is 8.42 Å². The fourth-order valence-corrected chi connectivity index (χ4v) is 4.75. The molecule has 0 aliphatic carbocycles. The normalized spacial score (nSPS) is 11.9. The number of nitrogens with one attached hydrogen (secondary N) is 1. The summed E-state index contributed by atoms with van der Waals surface area (Å²) in [4.78, 5) is 27.8. The van der Waals surface area contributed by atoms with E-state index in [-0.39, 0.29) is 12.5 Å². The molecule has 0 bridgehead atoms. The van der Waals surface area contributed by atoms with E-state index >= 15 is 0 Å². The lowest BCUT2D eigenvalue weighted by molar-refractivity contribution is -0.139. The summed E-state index contributed by atoms with van der Waals surface area (Å²) < 4.78 is 32.4. The Hall–Kier alpha value is -3.85. The van der Waals surface area contributed by atoms with E-state index in [4.69, 9.17) is 4.74 Å². The molecule has 202 valence electrons. The molecular formula is C29H35N3O5S. The zero-order valence-electron chi connectivity index (χ0n) is 22.3. The summed E-state index contributed by atoms with van der Waals surface area (Å²) in [6, 6.07) is 22.6. The summed E-state index contributed by atoms with van der Waals surface area (Å²) in [7, 11) is -3.81. The third-order valence-corrected chi connectivity index (χ3v) is 7.08. The maximum atomic E-state index is 13.6. The lowest BCUT2D eigenvalue weighted by Crippen LogP contribution is -2.51. The summed E-state index contributed by atoms with van der Waals surface area (Å²) in [5, 5.41) is 2.83. The summed E-state index contributed by atoms with van der Waals surface area (Å²) in [6.07, 6.45) is 1.81. The zero-order chi connectivity index (χ0) is 27.7. The number of rotatable bonds is 12. The van der Waals surface area contributed by atoms with Crippen LogP contribution in [0, 0.1) is 6.92 Å². The largest absolute Gasteiger partial charge is 0.457 e. The third kappa shape index (κ3) is 8.08. The molecule has 0 unspecified atom stereocenters. The van der Waals surface area contributed by atoms with Crippen molar-refractivity contribution in [2.45, 2.75) is 39.8 Å². The van der Waals surface area contributed by atoms with Crippen molar-refractivity contribution in [3.63, 3.8) is 0 Å². The van der Waals surface area contributed by atoms with E-state index in [1.54, 1.807) is 31.2 Å². The Kier molecular flexibility index (Phi) is 9.90. The monoisotopic (exact) mass is 537 g/mol. The van der Waals surface area contributed by atoms with Crippen LogP contribution >= 0.6 is 0 Å². The van der Waals surface area contributed by atoms with Crippen LogP contribution < -0.4 is 14.4 Å². The standard InChI is InChI=1S/C29H35N3O5S/c1-5-18-30-29(34)23(3)31(20-24-11-9-10-22(2)19-24)28(33)21-32(38(4,35)36)25-14-16-27(17-15-25)37-26-12-7-6-8-13-26/h6-17,19,23H,5,18,20-21H2,1-4H3,(H,30,34)/t23-/m1/s1. The molecule has 3 aromatic carbocycles. The first-order chi connectivity index (χ1) is 18.1. The van der Waals surface area contributed by atoms with Gasteiger partial charge in [0, 0.05) is 13.1 Å². The third-order valence-electron chi connectivity index (χ3n) is 5.93. The summed E-state index contributed by atoms with van der Waals surface area (Å²) in [6.45, 7) is 5.75. The number of amides is 2. The van der Waals surface area contributed by atoms with Gasteiger partial charge in [-0.1, -0.05) is 55.0 Å². The molecule has 0 aliphatic rings. The van der Waals surface area contributed by atoms with Crippen LogP contribution in [0.4, 0.5) is 5.69 Å². The minimum atomic E-state index is -3.81. The minimum Gasteiger partial charge on any atom is -0.457 e. The van der Waals surface area contributed by atoms with Crippen molar-refractivity contribution < 1.29 is 22.7 Å². The summed E-state index contributed by atoms with van der Waals surface area (Å²) >= 11 is 0. The van der Waals surface area contributed by atoms with Crippen molar-refractivity contribution in [1.82, 2.24) is 10.2 Å². The number of anilines is 1. The Bertz CT molecular complexity index is 1330. The first kappa shape index (κ1) is 28.7. The Morgan fingerprint density at radius 2 is 1.61 bits per heavy atom. The van der Waals surface area contributed by atoms with E-state index in [2.05, 4.69) is 5.32 Å². The Labute approximate surface area is 225 Å². The summed E-state index contributed by atoms with van der Waals surface area (Å²) in [5.74, 6) is 0.404. The second-order valence-corrected chi connectivity index (χ2v) is 11.1. The Morgan fingerprint density at radius 3 is 2.21 bits per heavy atom. The average molecular weight is 538 g/mol. The van der Waals surface area contributed by atoms with Crippen LogP contribution in [0.2, 0.25) is 0 Å². The van der Waals surface area contributed by atoms with E-state index in [0.717, 1.165) is 28.1 Å². The highest BCUT2D eigenvalue weighted by atomic mass is 32.2. The molecule has 0 saturated carbocycles. The van der Waals surface area contributed by atoms with Gasteiger partial charge < -0.3 is 15.0 Å². The smallest absolute Gasteiger partial charge is 0.244 e. The average Bonchev–Trinajstić information content (AvgIpc) is 2.89. The van der Waals surface area contributed by atoms with Gasteiger partial charge in [0.1, 0.15) is 24.1 Å². The number of carbonyl (C=O) groups excluding carboxylic acids is 2. The van der Waals surface area contributed by atoms with E-state index < -0.39 is 28.5 Å². The predicted octanol–water partition coefficient (Wildman–Crippen LogP) is 4.50. The maximum Gasteiger partial charge on any atom is 0.244 e. The molecular weight excluding hydrogens is 502 g/mol. The van der Waals surface area contributed by atoms with E-state index in [0.29, 0.717) is 23.7 Å². The Balaban J connectivity index is 1.85. The minimum absolute atomic E-state index is 0.169. The molecule has 8 nitrogen and oxygen atoms in total. The lowest BCUT2D eigenvalue weighted by Gasteiger charge is -2.31. The SMILES string of the molecule is CCCNC(=O)[C@@H](C)N(Cc1cccc(C)c1)C(=O)CN(c1ccc(Oc2ccccc2)cc1)S(C)(=O)=O. The molecule has 0 saturated heterocycles. The highest BCUT2D eigenvalue weighted by Gasteiger charge is 2.30. The van der Waals surface area contributed by atoms with E-state index in [9.17, 15) is 18.0 Å². The van der Waals surface area contributed by atoms with Gasteiger partial charge in [-0.2, -0.15) is 0 Å². The van der Waals surface area contributed by atoms with Gasteiger partial charge in [0.2, 0.25) is 21.8 Å². The molecule has 0 spiro atoms. The van der Waals surface area contributed by atoms with Crippen molar-refractivity contribution >= 4 is 27.5 Å². The van der Waals surface area contributed by atoms with Gasteiger partial charge in [0.25, 0.3) is 0 Å². The highest BCUT2D eigenvalue weighted by Crippen LogP contribution is 2.26. The number of nitrogens with zero attached hydrogens (tertiary/aromatic N) is 2. The van der Waals surface area contributed by atoms with Crippen LogP contribution in [0.5, 0.6) is 11.5 Å². The molecule has 3 rings (SSSR count). The number of benzene rings is 3. The molecule has 2 amide bonds. The first-order valence-corrected chi connectivity index (χ1v) is 14.4. The topological polar surface area (TPSA) is 96.0 Å². The fourth-order valence-electron chi connectivity index (χ4n) is 3.90. The molecule has 9 heteroatoms. The van der Waals surface area contributed by atoms with Crippen LogP contribution in [0.25, 0.3) is 0 Å². The van der Waals surface area contributed by atoms with Gasteiger partial charge in [-0.3, -0.25) is 13.9 Å². The number of para-hydroxylation sites is 1. The van der Waals surface area contributed by atoms with Gasteiger partial charge in [0.15, 0.2) is 0 Å². The van der Waals surface area contributed by atoms with E-state index in [1.807, 2.05) is 68.4 Å². The number of ether oxygens (including phenoxy) is 1. The number of hydrogen-bond donors (Lipinski definition) is 1.